The molecule has 0 radical (unpaired) electrons. The summed E-state index contributed by atoms with van der Waals surface area (Å²) in [5.74, 6) is -0.133. The molecule has 2 atom stereocenters. The van der Waals surface area contributed by atoms with Crippen molar-refractivity contribution in [2.75, 3.05) is 20.3 Å². The van der Waals surface area contributed by atoms with Gasteiger partial charge in [-0.15, -0.1) is 0 Å². The number of para-hydroxylation sites is 1. The largest absolute Gasteiger partial charge is 0.388 e. The number of carbonyl (C=O) groups excluding carboxylic acids is 1. The van der Waals surface area contributed by atoms with Gasteiger partial charge in [0.25, 0.3) is 5.91 Å². The minimum atomic E-state index is -0.639. The summed E-state index contributed by atoms with van der Waals surface area (Å²) in [6.07, 6.45) is 3.10. The van der Waals surface area contributed by atoms with E-state index in [4.69, 9.17) is 4.74 Å². The number of aromatic nitrogens is 2. The fourth-order valence-corrected chi connectivity index (χ4v) is 3.25. The number of rotatable bonds is 4. The van der Waals surface area contributed by atoms with Gasteiger partial charge in [-0.05, 0) is 24.3 Å². The van der Waals surface area contributed by atoms with Gasteiger partial charge in [-0.1, -0.05) is 30.3 Å². The molecule has 3 aromatic rings. The topological polar surface area (TPSA) is 67.6 Å². The van der Waals surface area contributed by atoms with Gasteiger partial charge in [0.15, 0.2) is 0 Å². The van der Waals surface area contributed by atoms with Crippen molar-refractivity contribution in [3.05, 3.63) is 72.7 Å². The molecule has 1 aromatic heterocycles. The molecule has 1 aliphatic heterocycles. The van der Waals surface area contributed by atoms with Crippen molar-refractivity contribution in [3.63, 3.8) is 0 Å². The van der Waals surface area contributed by atoms with Crippen molar-refractivity contribution >= 4 is 5.91 Å². The lowest BCUT2D eigenvalue weighted by atomic mass is 10.1. The molecule has 0 spiro atoms. The first-order chi connectivity index (χ1) is 13.1. The third kappa shape index (κ3) is 3.49. The Morgan fingerprint density at radius 1 is 1.15 bits per heavy atom. The van der Waals surface area contributed by atoms with Gasteiger partial charge in [0.05, 0.1) is 37.4 Å². The molecular formula is C21H21N3O3. The third-order valence-electron chi connectivity index (χ3n) is 4.90. The van der Waals surface area contributed by atoms with Gasteiger partial charge in [0, 0.05) is 30.1 Å². The Kier molecular flexibility index (Phi) is 4.75. The fourth-order valence-electron chi connectivity index (χ4n) is 3.25. The zero-order chi connectivity index (χ0) is 18.8. The highest BCUT2D eigenvalue weighted by atomic mass is 16.5. The summed E-state index contributed by atoms with van der Waals surface area (Å²) in [5, 5.41) is 9.91. The maximum absolute atomic E-state index is 12.7. The van der Waals surface area contributed by atoms with E-state index >= 15 is 0 Å². The van der Waals surface area contributed by atoms with Crippen molar-refractivity contribution < 1.29 is 14.6 Å². The Morgan fingerprint density at radius 2 is 1.89 bits per heavy atom. The van der Waals surface area contributed by atoms with Crippen LogP contribution in [0.1, 0.15) is 10.4 Å². The number of aliphatic hydroxyl groups excluding tert-OH is 1. The molecular weight excluding hydrogens is 342 g/mol. The maximum atomic E-state index is 12.7. The Balaban J connectivity index is 1.51. The van der Waals surface area contributed by atoms with E-state index in [1.165, 1.54) is 0 Å². The van der Waals surface area contributed by atoms with Crippen molar-refractivity contribution in [2.24, 2.45) is 0 Å². The molecule has 1 fully saturated rings. The van der Waals surface area contributed by atoms with E-state index in [-0.39, 0.29) is 18.6 Å². The maximum Gasteiger partial charge on any atom is 0.254 e. The van der Waals surface area contributed by atoms with Gasteiger partial charge in [-0.3, -0.25) is 4.79 Å². The molecule has 138 valence electrons. The summed E-state index contributed by atoms with van der Waals surface area (Å²) in [5.41, 5.74) is 3.39. The highest BCUT2D eigenvalue weighted by molar-refractivity contribution is 5.94. The SMILES string of the molecule is CN(C(=O)c1ccc(-c2cn(-c3ccccc3)cn2)cc1)[C@@H]1COC[C@H]1O. The second kappa shape index (κ2) is 7.34. The zero-order valence-electron chi connectivity index (χ0n) is 15.0. The summed E-state index contributed by atoms with van der Waals surface area (Å²) in [6.45, 7) is 0.629. The lowest BCUT2D eigenvalue weighted by Crippen LogP contribution is -2.44. The lowest BCUT2D eigenvalue weighted by molar-refractivity contribution is 0.0581. The van der Waals surface area contributed by atoms with Crippen LogP contribution in [0.25, 0.3) is 16.9 Å². The number of nitrogens with zero attached hydrogens (tertiary/aromatic N) is 3. The molecule has 0 unspecified atom stereocenters. The van der Waals surface area contributed by atoms with Gasteiger partial charge in [-0.25, -0.2) is 4.98 Å². The predicted molar refractivity (Wildman–Crippen MR) is 102 cm³/mol. The molecule has 6 heteroatoms. The van der Waals surface area contributed by atoms with Crippen LogP contribution in [0.5, 0.6) is 0 Å². The van der Waals surface area contributed by atoms with Crippen molar-refractivity contribution in [2.45, 2.75) is 12.1 Å². The molecule has 0 aliphatic carbocycles. The van der Waals surface area contributed by atoms with E-state index in [9.17, 15) is 9.90 Å². The van der Waals surface area contributed by atoms with Crippen molar-refractivity contribution in [1.82, 2.24) is 14.5 Å². The number of imidazole rings is 1. The Bertz CT molecular complexity index is 921. The molecule has 4 rings (SSSR count). The van der Waals surface area contributed by atoms with E-state index in [0.717, 1.165) is 16.9 Å². The van der Waals surface area contributed by atoms with Crippen LogP contribution in [-0.2, 0) is 4.74 Å². The Morgan fingerprint density at radius 3 is 2.56 bits per heavy atom. The van der Waals surface area contributed by atoms with Gasteiger partial charge in [0.1, 0.15) is 0 Å². The van der Waals surface area contributed by atoms with E-state index in [1.807, 2.05) is 53.2 Å². The second-order valence-corrected chi connectivity index (χ2v) is 6.67. The van der Waals surface area contributed by atoms with E-state index in [1.54, 1.807) is 30.4 Å². The Hall–Kier alpha value is -2.96. The van der Waals surface area contributed by atoms with E-state index in [2.05, 4.69) is 4.98 Å². The number of aliphatic hydroxyl groups is 1. The molecule has 27 heavy (non-hydrogen) atoms. The van der Waals surface area contributed by atoms with Gasteiger partial charge in [-0.2, -0.15) is 0 Å². The van der Waals surface area contributed by atoms with E-state index < -0.39 is 6.10 Å². The van der Waals surface area contributed by atoms with Crippen LogP contribution in [0.15, 0.2) is 67.1 Å². The average Bonchev–Trinajstić information content (AvgIpc) is 3.37. The fraction of sp³-hybridized carbons (Fsp3) is 0.238. The average molecular weight is 363 g/mol. The minimum absolute atomic E-state index is 0.133. The van der Waals surface area contributed by atoms with Crippen molar-refractivity contribution in [3.8, 4) is 16.9 Å². The van der Waals surface area contributed by atoms with Crippen LogP contribution in [0.4, 0.5) is 0 Å². The van der Waals surface area contributed by atoms with Gasteiger partial charge >= 0.3 is 0 Å². The molecule has 2 aromatic carbocycles. The minimum Gasteiger partial charge on any atom is -0.388 e. The number of carbonyl (C=O) groups is 1. The predicted octanol–water partition coefficient (Wildman–Crippen LogP) is 2.37. The summed E-state index contributed by atoms with van der Waals surface area (Å²) >= 11 is 0. The second-order valence-electron chi connectivity index (χ2n) is 6.67. The number of hydrogen-bond donors (Lipinski definition) is 1. The van der Waals surface area contributed by atoms with Crippen LogP contribution in [0.2, 0.25) is 0 Å². The van der Waals surface area contributed by atoms with Gasteiger partial charge < -0.3 is 19.3 Å². The first kappa shape index (κ1) is 17.5. The molecule has 2 heterocycles. The number of amides is 1. The third-order valence-corrected chi connectivity index (χ3v) is 4.90. The van der Waals surface area contributed by atoms with Crippen LogP contribution >= 0.6 is 0 Å². The number of ether oxygens (including phenoxy) is 1. The monoisotopic (exact) mass is 363 g/mol. The molecule has 0 bridgehead atoms. The van der Waals surface area contributed by atoms with Crippen molar-refractivity contribution in [1.29, 1.82) is 0 Å². The summed E-state index contributed by atoms with van der Waals surface area (Å²) in [4.78, 5) is 18.7. The zero-order valence-corrected chi connectivity index (χ0v) is 15.0. The van der Waals surface area contributed by atoms with Crippen LogP contribution in [-0.4, -0.2) is 57.9 Å². The first-order valence-electron chi connectivity index (χ1n) is 8.86. The molecule has 1 aliphatic rings. The van der Waals surface area contributed by atoms with Crippen LogP contribution in [0, 0.1) is 0 Å². The van der Waals surface area contributed by atoms with Gasteiger partial charge in [0.2, 0.25) is 0 Å². The number of likely N-dealkylation sites (N-methyl/N-ethyl adjacent to an activating group) is 1. The quantitative estimate of drug-likeness (QED) is 0.773. The first-order valence-corrected chi connectivity index (χ1v) is 8.86. The molecule has 1 saturated heterocycles. The van der Waals surface area contributed by atoms with E-state index in [0.29, 0.717) is 12.2 Å². The lowest BCUT2D eigenvalue weighted by Gasteiger charge is -2.25. The highest BCUT2D eigenvalue weighted by Crippen LogP contribution is 2.21. The summed E-state index contributed by atoms with van der Waals surface area (Å²) < 4.78 is 7.20. The molecule has 1 N–H and O–H groups in total. The normalized spacial score (nSPS) is 19.2. The highest BCUT2D eigenvalue weighted by Gasteiger charge is 2.32. The standard InChI is InChI=1S/C21H21N3O3/c1-23(19-12-27-13-20(19)25)21(26)16-9-7-15(8-10-16)18-11-24(14-22-18)17-5-3-2-4-6-17/h2-11,14,19-20,25H,12-13H2,1H3/t19-,20-/m1/s1. The molecule has 1 amide bonds. The number of benzene rings is 2. The summed E-state index contributed by atoms with van der Waals surface area (Å²) in [7, 11) is 1.69. The Labute approximate surface area is 157 Å². The molecule has 6 nitrogen and oxygen atoms in total. The summed E-state index contributed by atoms with van der Waals surface area (Å²) in [6, 6.07) is 17.0. The molecule has 0 saturated carbocycles. The smallest absolute Gasteiger partial charge is 0.254 e. The number of hydrogen-bond acceptors (Lipinski definition) is 4. The van der Waals surface area contributed by atoms with Crippen LogP contribution < -0.4 is 0 Å². The van der Waals surface area contributed by atoms with Crippen LogP contribution in [0.3, 0.4) is 0 Å².